The van der Waals surface area contributed by atoms with Crippen LogP contribution in [-0.4, -0.2) is 15.7 Å². The van der Waals surface area contributed by atoms with Crippen molar-refractivity contribution < 1.29 is 13.9 Å². The summed E-state index contributed by atoms with van der Waals surface area (Å²) in [5.74, 6) is 0.138. The second-order valence-electron chi connectivity index (χ2n) is 7.81. The van der Waals surface area contributed by atoms with Gasteiger partial charge in [-0.2, -0.15) is 5.10 Å². The van der Waals surface area contributed by atoms with E-state index >= 15 is 0 Å². The molecule has 0 radical (unpaired) electrons. The smallest absolute Gasteiger partial charge is 0.255 e. The summed E-state index contributed by atoms with van der Waals surface area (Å²) in [6.07, 6.45) is 0. The van der Waals surface area contributed by atoms with Crippen molar-refractivity contribution in [2.24, 2.45) is 0 Å². The summed E-state index contributed by atoms with van der Waals surface area (Å²) in [6, 6.07) is 19.2. The van der Waals surface area contributed by atoms with Crippen LogP contribution in [0, 0.1) is 19.7 Å². The third kappa shape index (κ3) is 5.48. The molecular weight excluding hydrogens is 521 g/mol. The third-order valence-electron chi connectivity index (χ3n) is 5.40. The van der Waals surface area contributed by atoms with Crippen molar-refractivity contribution >= 4 is 39.1 Å². The van der Waals surface area contributed by atoms with E-state index in [0.717, 1.165) is 27.0 Å². The number of nitrogens with one attached hydrogen (secondary N) is 1. The molecule has 34 heavy (non-hydrogen) atoms. The zero-order chi connectivity index (χ0) is 24.2. The van der Waals surface area contributed by atoms with Crippen molar-refractivity contribution in [3.8, 4) is 5.75 Å². The number of halogens is 3. The van der Waals surface area contributed by atoms with E-state index in [4.69, 9.17) is 16.3 Å². The van der Waals surface area contributed by atoms with Crippen LogP contribution < -0.4 is 10.1 Å². The fraction of sp³-hybridized carbons (Fsp3) is 0.154. The maximum absolute atomic E-state index is 13.3. The van der Waals surface area contributed by atoms with E-state index < -0.39 is 0 Å². The molecule has 8 heteroatoms. The third-order valence-corrected chi connectivity index (χ3v) is 6.41. The van der Waals surface area contributed by atoms with Crippen LogP contribution in [-0.2, 0) is 13.2 Å². The van der Waals surface area contributed by atoms with E-state index in [-0.39, 0.29) is 11.7 Å². The molecule has 3 aromatic carbocycles. The average Bonchev–Trinajstić information content (AvgIpc) is 3.08. The number of nitrogens with zero attached hydrogens (tertiary/aromatic N) is 2. The molecular formula is C26H22BrClFN3O2. The number of carbonyl (C=O) groups is 1. The van der Waals surface area contributed by atoms with Gasteiger partial charge in [0.2, 0.25) is 0 Å². The number of rotatable bonds is 7. The highest BCUT2D eigenvalue weighted by molar-refractivity contribution is 9.10. The SMILES string of the molecule is Cc1nn(Cc2ccc(F)cc2Cl)c(C)c1NC(=O)c1ccc(COc2ccccc2Br)cc1. The average molecular weight is 543 g/mol. The van der Waals surface area contributed by atoms with E-state index in [9.17, 15) is 9.18 Å². The van der Waals surface area contributed by atoms with Gasteiger partial charge in [-0.3, -0.25) is 9.48 Å². The van der Waals surface area contributed by atoms with E-state index in [1.807, 2.05) is 50.2 Å². The molecule has 0 saturated heterocycles. The zero-order valence-electron chi connectivity index (χ0n) is 18.6. The Balaban J connectivity index is 1.42. The molecule has 1 N–H and O–H groups in total. The monoisotopic (exact) mass is 541 g/mol. The molecule has 0 saturated carbocycles. The number of carbonyl (C=O) groups excluding carboxylic acids is 1. The quantitative estimate of drug-likeness (QED) is 0.275. The van der Waals surface area contributed by atoms with Gasteiger partial charge < -0.3 is 10.1 Å². The van der Waals surface area contributed by atoms with E-state index in [1.165, 1.54) is 12.1 Å². The molecule has 0 atom stereocenters. The minimum atomic E-state index is -0.388. The Kier molecular flexibility index (Phi) is 7.34. The van der Waals surface area contributed by atoms with Gasteiger partial charge in [0.05, 0.1) is 28.1 Å². The summed E-state index contributed by atoms with van der Waals surface area (Å²) < 4.78 is 21.8. The number of para-hydroxylation sites is 1. The van der Waals surface area contributed by atoms with Crippen molar-refractivity contribution in [1.29, 1.82) is 0 Å². The minimum Gasteiger partial charge on any atom is -0.488 e. The highest BCUT2D eigenvalue weighted by atomic mass is 79.9. The Bertz CT molecular complexity index is 1340. The fourth-order valence-corrected chi connectivity index (χ4v) is 4.13. The molecule has 174 valence electrons. The van der Waals surface area contributed by atoms with Gasteiger partial charge in [0, 0.05) is 10.6 Å². The number of amides is 1. The van der Waals surface area contributed by atoms with Crippen LogP contribution >= 0.6 is 27.5 Å². The fourth-order valence-electron chi connectivity index (χ4n) is 3.50. The van der Waals surface area contributed by atoms with Gasteiger partial charge in [0.25, 0.3) is 5.91 Å². The molecule has 5 nitrogen and oxygen atoms in total. The Labute approximate surface area is 210 Å². The Morgan fingerprint density at radius 2 is 1.85 bits per heavy atom. The highest BCUT2D eigenvalue weighted by Gasteiger charge is 2.16. The lowest BCUT2D eigenvalue weighted by Gasteiger charge is -2.10. The second-order valence-corrected chi connectivity index (χ2v) is 9.07. The van der Waals surface area contributed by atoms with Crippen molar-refractivity contribution in [1.82, 2.24) is 9.78 Å². The molecule has 0 aliphatic rings. The van der Waals surface area contributed by atoms with E-state index in [1.54, 1.807) is 22.9 Å². The number of anilines is 1. The van der Waals surface area contributed by atoms with Crippen LogP contribution in [0.25, 0.3) is 0 Å². The largest absolute Gasteiger partial charge is 0.488 e. The molecule has 4 rings (SSSR count). The van der Waals surface area contributed by atoms with Crippen molar-refractivity contribution in [3.05, 3.63) is 110 Å². The predicted octanol–water partition coefficient (Wildman–Crippen LogP) is 6.93. The standard InChI is InChI=1S/C26H22BrClFN3O2/c1-16-25(17(2)32(31-16)14-20-11-12-21(29)13-23(20)28)30-26(33)19-9-7-18(8-10-19)15-34-24-6-4-3-5-22(24)27/h3-13H,14-15H2,1-2H3,(H,30,33). The molecule has 4 aromatic rings. The molecule has 1 aromatic heterocycles. The minimum absolute atomic E-state index is 0.233. The van der Waals surface area contributed by atoms with E-state index in [0.29, 0.717) is 35.1 Å². The molecule has 1 heterocycles. The van der Waals surface area contributed by atoms with Crippen LogP contribution in [0.5, 0.6) is 5.75 Å². The first-order chi connectivity index (χ1) is 16.3. The summed E-state index contributed by atoms with van der Waals surface area (Å²) >= 11 is 9.62. The predicted molar refractivity (Wildman–Crippen MR) is 135 cm³/mol. The zero-order valence-corrected chi connectivity index (χ0v) is 21.0. The highest BCUT2D eigenvalue weighted by Crippen LogP contribution is 2.26. The van der Waals surface area contributed by atoms with Gasteiger partial charge in [0.1, 0.15) is 18.2 Å². The van der Waals surface area contributed by atoms with Crippen LogP contribution in [0.3, 0.4) is 0 Å². The first-order valence-electron chi connectivity index (χ1n) is 10.6. The Morgan fingerprint density at radius 1 is 1.12 bits per heavy atom. The van der Waals surface area contributed by atoms with Gasteiger partial charge >= 0.3 is 0 Å². The number of hydrogen-bond acceptors (Lipinski definition) is 3. The lowest BCUT2D eigenvalue weighted by Crippen LogP contribution is -2.13. The van der Waals surface area contributed by atoms with Crippen LogP contribution in [0.15, 0.2) is 71.2 Å². The molecule has 0 bridgehead atoms. The Morgan fingerprint density at radius 3 is 2.56 bits per heavy atom. The number of aryl methyl sites for hydroxylation is 1. The molecule has 0 aliphatic heterocycles. The topological polar surface area (TPSA) is 56.2 Å². The number of benzene rings is 3. The van der Waals surface area contributed by atoms with Crippen molar-refractivity contribution in [2.75, 3.05) is 5.32 Å². The first kappa shape index (κ1) is 24.0. The van der Waals surface area contributed by atoms with Gasteiger partial charge in [-0.25, -0.2) is 4.39 Å². The molecule has 1 amide bonds. The molecule has 0 spiro atoms. The van der Waals surface area contributed by atoms with Gasteiger partial charge in [-0.1, -0.05) is 41.9 Å². The first-order valence-corrected chi connectivity index (χ1v) is 11.7. The van der Waals surface area contributed by atoms with Gasteiger partial charge in [-0.05, 0) is 77.3 Å². The maximum Gasteiger partial charge on any atom is 0.255 e. The summed E-state index contributed by atoms with van der Waals surface area (Å²) in [6.45, 7) is 4.46. The normalized spacial score (nSPS) is 10.9. The summed E-state index contributed by atoms with van der Waals surface area (Å²) in [5.41, 5.74) is 4.32. The number of ether oxygens (including phenoxy) is 1. The van der Waals surface area contributed by atoms with Crippen LogP contribution in [0.2, 0.25) is 5.02 Å². The van der Waals surface area contributed by atoms with Crippen LogP contribution in [0.1, 0.15) is 32.9 Å². The van der Waals surface area contributed by atoms with Gasteiger partial charge in [-0.15, -0.1) is 0 Å². The van der Waals surface area contributed by atoms with Crippen molar-refractivity contribution in [3.63, 3.8) is 0 Å². The second kappa shape index (κ2) is 10.4. The lowest BCUT2D eigenvalue weighted by molar-refractivity contribution is 0.102. The molecule has 0 fully saturated rings. The van der Waals surface area contributed by atoms with E-state index in [2.05, 4.69) is 26.3 Å². The Hall–Kier alpha value is -3.16. The molecule has 0 unspecified atom stereocenters. The van der Waals surface area contributed by atoms with Crippen LogP contribution in [0.4, 0.5) is 10.1 Å². The van der Waals surface area contributed by atoms with Crippen molar-refractivity contribution in [2.45, 2.75) is 27.0 Å². The summed E-state index contributed by atoms with van der Waals surface area (Å²) in [4.78, 5) is 12.9. The lowest BCUT2D eigenvalue weighted by atomic mass is 10.1. The maximum atomic E-state index is 13.3. The number of aromatic nitrogens is 2. The number of hydrogen-bond donors (Lipinski definition) is 1. The summed E-state index contributed by atoms with van der Waals surface area (Å²) in [5, 5.41) is 7.81. The molecule has 0 aliphatic carbocycles. The van der Waals surface area contributed by atoms with Gasteiger partial charge in [0.15, 0.2) is 0 Å². The summed E-state index contributed by atoms with van der Waals surface area (Å²) in [7, 11) is 0.